The van der Waals surface area contributed by atoms with Crippen molar-refractivity contribution in [2.75, 3.05) is 5.32 Å². The first-order valence-electron chi connectivity index (χ1n) is 7.33. The van der Waals surface area contributed by atoms with Gasteiger partial charge in [-0.1, -0.05) is 12.1 Å². The van der Waals surface area contributed by atoms with Gasteiger partial charge < -0.3 is 11.1 Å². The quantitative estimate of drug-likeness (QED) is 0.762. The number of hydrogen-bond donors (Lipinski definition) is 2. The van der Waals surface area contributed by atoms with Crippen LogP contribution in [0.3, 0.4) is 0 Å². The van der Waals surface area contributed by atoms with E-state index in [4.69, 9.17) is 5.73 Å². The summed E-state index contributed by atoms with van der Waals surface area (Å²) in [7, 11) is 0. The number of rotatable bonds is 3. The summed E-state index contributed by atoms with van der Waals surface area (Å²) in [5.74, 6) is 0.697. The highest BCUT2D eigenvalue weighted by atomic mass is 32.1. The second-order valence-corrected chi connectivity index (χ2v) is 6.35. The highest BCUT2D eigenvalue weighted by molar-refractivity contribution is 7.13. The fraction of sp³-hybridized carbons (Fsp3) is 0.125. The fourth-order valence-electron chi connectivity index (χ4n) is 2.83. The van der Waals surface area contributed by atoms with Crippen LogP contribution in [-0.4, -0.2) is 25.7 Å². The molecule has 4 rings (SSSR count). The van der Waals surface area contributed by atoms with E-state index in [1.54, 1.807) is 28.4 Å². The van der Waals surface area contributed by atoms with E-state index in [9.17, 15) is 4.79 Å². The average Bonchev–Trinajstić information content (AvgIpc) is 3.23. The van der Waals surface area contributed by atoms with Crippen LogP contribution in [0, 0.1) is 0 Å². The molecule has 0 aromatic carbocycles. The highest BCUT2D eigenvalue weighted by Crippen LogP contribution is 2.36. The molecule has 0 spiro atoms. The van der Waals surface area contributed by atoms with Gasteiger partial charge in [0, 0.05) is 18.1 Å². The van der Waals surface area contributed by atoms with Gasteiger partial charge in [-0.2, -0.15) is 4.98 Å². The first-order valence-corrected chi connectivity index (χ1v) is 8.21. The van der Waals surface area contributed by atoms with E-state index in [1.807, 2.05) is 36.6 Å². The number of hydrogen-bond acceptors (Lipinski definition) is 6. The number of fused-ring (bicyclic) bond motifs is 1. The molecule has 1 unspecified atom stereocenters. The van der Waals surface area contributed by atoms with Crippen molar-refractivity contribution in [1.29, 1.82) is 0 Å². The number of carbonyl (C=O) groups is 1. The van der Waals surface area contributed by atoms with Crippen LogP contribution >= 0.6 is 11.3 Å². The predicted octanol–water partition coefficient (Wildman–Crippen LogP) is 2.18. The first-order chi connectivity index (χ1) is 11.6. The third-order valence-electron chi connectivity index (χ3n) is 3.86. The molecule has 0 bridgehead atoms. The van der Waals surface area contributed by atoms with Crippen LogP contribution in [-0.2, 0) is 4.79 Å². The minimum absolute atomic E-state index is 0.450. The summed E-state index contributed by atoms with van der Waals surface area (Å²) in [6.07, 6.45) is 3.40. The number of carbonyl (C=O) groups excluding carboxylic acids is 1. The molecule has 1 amide bonds. The van der Waals surface area contributed by atoms with Gasteiger partial charge in [0.2, 0.25) is 11.9 Å². The Kier molecular flexibility index (Phi) is 3.39. The summed E-state index contributed by atoms with van der Waals surface area (Å²) in [5.41, 5.74) is 7.59. The standard InChI is InChI=1S/C16H14N6OS/c1-9-12(14(17)23)13(10-4-2-6-18-8-10)22-16(19-9)20-15(21-22)11-5-3-7-24-11/h2-8,13H,1H3,(H2,17,23)(H,19,20,21). The van der Waals surface area contributed by atoms with Gasteiger partial charge in [0.25, 0.3) is 0 Å². The molecule has 24 heavy (non-hydrogen) atoms. The molecule has 3 N–H and O–H groups in total. The maximum absolute atomic E-state index is 12.0. The lowest BCUT2D eigenvalue weighted by Crippen LogP contribution is -2.31. The van der Waals surface area contributed by atoms with E-state index in [0.717, 1.165) is 10.4 Å². The Morgan fingerprint density at radius 2 is 2.25 bits per heavy atom. The lowest BCUT2D eigenvalue weighted by Gasteiger charge is -2.27. The molecule has 120 valence electrons. The van der Waals surface area contributed by atoms with Crippen molar-refractivity contribution in [1.82, 2.24) is 19.7 Å². The number of allylic oxidation sites excluding steroid dienone is 1. The molecule has 3 aromatic rings. The van der Waals surface area contributed by atoms with Crippen molar-refractivity contribution in [3.8, 4) is 10.7 Å². The van der Waals surface area contributed by atoms with E-state index >= 15 is 0 Å². The van der Waals surface area contributed by atoms with Crippen LogP contribution in [0.1, 0.15) is 18.5 Å². The van der Waals surface area contributed by atoms with Crippen LogP contribution < -0.4 is 11.1 Å². The molecule has 3 aromatic heterocycles. The normalized spacial score (nSPS) is 16.6. The number of primary amides is 1. The second kappa shape index (κ2) is 5.57. The SMILES string of the molecule is CC1=C(C(N)=O)C(c2cccnc2)n2nc(-c3cccs3)nc2N1. The summed E-state index contributed by atoms with van der Waals surface area (Å²) in [5, 5.41) is 9.70. The monoisotopic (exact) mass is 338 g/mol. The largest absolute Gasteiger partial charge is 0.366 e. The molecule has 1 atom stereocenters. The Bertz CT molecular complexity index is 929. The Morgan fingerprint density at radius 3 is 2.92 bits per heavy atom. The minimum atomic E-state index is -0.493. The zero-order valence-corrected chi connectivity index (χ0v) is 13.6. The fourth-order valence-corrected chi connectivity index (χ4v) is 3.48. The molecule has 0 radical (unpaired) electrons. The predicted molar refractivity (Wildman–Crippen MR) is 91.2 cm³/mol. The average molecular weight is 338 g/mol. The Labute approximate surface area is 141 Å². The first kappa shape index (κ1) is 14.6. The van der Waals surface area contributed by atoms with Crippen molar-refractivity contribution in [2.45, 2.75) is 13.0 Å². The smallest absolute Gasteiger partial charge is 0.248 e. The van der Waals surface area contributed by atoms with Crippen molar-refractivity contribution in [3.63, 3.8) is 0 Å². The summed E-state index contributed by atoms with van der Waals surface area (Å²) in [6.45, 7) is 1.81. The van der Waals surface area contributed by atoms with Gasteiger partial charge in [0.05, 0.1) is 10.5 Å². The van der Waals surface area contributed by atoms with Crippen molar-refractivity contribution < 1.29 is 4.79 Å². The van der Waals surface area contributed by atoms with Crippen molar-refractivity contribution >= 4 is 23.2 Å². The molecular weight excluding hydrogens is 324 g/mol. The molecule has 1 aliphatic heterocycles. The van der Waals surface area contributed by atoms with Gasteiger partial charge in [0.15, 0.2) is 5.82 Å². The lowest BCUT2D eigenvalue weighted by molar-refractivity contribution is -0.115. The number of pyridine rings is 1. The maximum atomic E-state index is 12.0. The Morgan fingerprint density at radius 1 is 1.38 bits per heavy atom. The van der Waals surface area contributed by atoms with E-state index in [1.165, 1.54) is 0 Å². The number of nitrogens with zero attached hydrogens (tertiary/aromatic N) is 4. The number of anilines is 1. The second-order valence-electron chi connectivity index (χ2n) is 5.40. The molecular formula is C16H14N6OS. The van der Waals surface area contributed by atoms with E-state index in [-0.39, 0.29) is 0 Å². The molecule has 0 saturated heterocycles. The summed E-state index contributed by atoms with van der Waals surface area (Å²) in [6, 6.07) is 7.18. The number of nitrogens with two attached hydrogens (primary N) is 1. The third kappa shape index (κ3) is 2.28. The lowest BCUT2D eigenvalue weighted by atomic mass is 9.97. The van der Waals surface area contributed by atoms with Gasteiger partial charge in [-0.05, 0) is 30.0 Å². The molecule has 0 aliphatic carbocycles. The van der Waals surface area contributed by atoms with E-state index in [2.05, 4.69) is 20.4 Å². The molecule has 8 heteroatoms. The Hall–Kier alpha value is -3.00. The topological polar surface area (TPSA) is 98.7 Å². The zero-order chi connectivity index (χ0) is 16.7. The van der Waals surface area contributed by atoms with Gasteiger partial charge in [0.1, 0.15) is 6.04 Å². The molecule has 7 nitrogen and oxygen atoms in total. The minimum Gasteiger partial charge on any atom is -0.366 e. The number of amides is 1. The third-order valence-corrected chi connectivity index (χ3v) is 4.73. The van der Waals surface area contributed by atoms with Crippen LogP contribution in [0.15, 0.2) is 53.3 Å². The summed E-state index contributed by atoms with van der Waals surface area (Å²) < 4.78 is 1.69. The van der Waals surface area contributed by atoms with Gasteiger partial charge >= 0.3 is 0 Å². The van der Waals surface area contributed by atoms with Crippen molar-refractivity contribution in [3.05, 3.63) is 58.9 Å². The Balaban J connectivity index is 1.90. The van der Waals surface area contributed by atoms with Gasteiger partial charge in [-0.25, -0.2) is 4.68 Å². The van der Waals surface area contributed by atoms with Crippen LogP contribution in [0.4, 0.5) is 5.95 Å². The highest BCUT2D eigenvalue weighted by Gasteiger charge is 2.33. The molecule has 4 heterocycles. The molecule has 0 saturated carbocycles. The van der Waals surface area contributed by atoms with Crippen LogP contribution in [0.2, 0.25) is 0 Å². The number of thiophene rings is 1. The van der Waals surface area contributed by atoms with Crippen LogP contribution in [0.5, 0.6) is 0 Å². The van der Waals surface area contributed by atoms with Gasteiger partial charge in [-0.15, -0.1) is 16.4 Å². The maximum Gasteiger partial charge on any atom is 0.248 e. The number of aromatic nitrogens is 4. The van der Waals surface area contributed by atoms with E-state index < -0.39 is 11.9 Å². The summed E-state index contributed by atoms with van der Waals surface area (Å²) >= 11 is 1.56. The van der Waals surface area contributed by atoms with Crippen molar-refractivity contribution in [2.24, 2.45) is 5.73 Å². The number of nitrogens with one attached hydrogen (secondary N) is 1. The van der Waals surface area contributed by atoms with Gasteiger partial charge in [-0.3, -0.25) is 9.78 Å². The summed E-state index contributed by atoms with van der Waals surface area (Å²) in [4.78, 5) is 21.7. The van der Waals surface area contributed by atoms with Crippen LogP contribution in [0.25, 0.3) is 10.7 Å². The molecule has 0 fully saturated rings. The molecule has 1 aliphatic rings. The van der Waals surface area contributed by atoms with E-state index in [0.29, 0.717) is 23.0 Å². The zero-order valence-electron chi connectivity index (χ0n) is 12.8.